The number of rotatable bonds is 7. The number of hydrogen-bond donors (Lipinski definition) is 1. The van der Waals surface area contributed by atoms with Gasteiger partial charge in [0.2, 0.25) is 5.88 Å². The molecule has 0 spiro atoms. The summed E-state index contributed by atoms with van der Waals surface area (Å²) in [5.41, 5.74) is 2.12. The standard InChI is InChI=1S/C23H24N2O3/c1-3-14-28-23-21(22(27)24-19-12-8-5-9-13-19)20(26)15-17(2)25(23)16-18-10-6-4-7-11-18/h4-13,15H,3,14,16H2,1-2H3,(H,24,27). The number of aryl methyl sites for hydroxylation is 1. The topological polar surface area (TPSA) is 60.3 Å². The number of anilines is 1. The molecule has 3 aromatic rings. The predicted molar refractivity (Wildman–Crippen MR) is 111 cm³/mol. The molecule has 1 N–H and O–H groups in total. The maximum absolute atomic E-state index is 12.9. The van der Waals surface area contributed by atoms with Gasteiger partial charge in [0.05, 0.1) is 13.2 Å². The van der Waals surface area contributed by atoms with Crippen molar-refractivity contribution in [2.24, 2.45) is 0 Å². The summed E-state index contributed by atoms with van der Waals surface area (Å²) in [6.07, 6.45) is 0.771. The van der Waals surface area contributed by atoms with E-state index in [1.54, 1.807) is 12.1 Å². The molecule has 28 heavy (non-hydrogen) atoms. The van der Waals surface area contributed by atoms with Gasteiger partial charge in [0.25, 0.3) is 5.91 Å². The van der Waals surface area contributed by atoms with E-state index in [0.717, 1.165) is 17.7 Å². The molecule has 1 heterocycles. The Morgan fingerprint density at radius 2 is 1.68 bits per heavy atom. The highest BCUT2D eigenvalue weighted by atomic mass is 16.5. The summed E-state index contributed by atoms with van der Waals surface area (Å²) in [6, 6.07) is 20.4. The second kappa shape index (κ2) is 9.04. The smallest absolute Gasteiger partial charge is 0.265 e. The second-order valence-corrected chi connectivity index (χ2v) is 6.57. The van der Waals surface area contributed by atoms with Gasteiger partial charge in [0, 0.05) is 17.4 Å². The molecule has 0 aliphatic heterocycles. The number of ether oxygens (including phenoxy) is 1. The minimum absolute atomic E-state index is 0.0267. The lowest BCUT2D eigenvalue weighted by atomic mass is 10.1. The van der Waals surface area contributed by atoms with Crippen molar-refractivity contribution >= 4 is 11.6 Å². The fourth-order valence-electron chi connectivity index (χ4n) is 2.98. The van der Waals surface area contributed by atoms with E-state index >= 15 is 0 Å². The molecule has 3 rings (SSSR count). The highest BCUT2D eigenvalue weighted by Gasteiger charge is 2.22. The first-order valence-corrected chi connectivity index (χ1v) is 9.37. The van der Waals surface area contributed by atoms with Gasteiger partial charge in [-0.1, -0.05) is 55.5 Å². The summed E-state index contributed by atoms with van der Waals surface area (Å²) in [7, 11) is 0. The van der Waals surface area contributed by atoms with Gasteiger partial charge in [0.1, 0.15) is 5.56 Å². The zero-order valence-corrected chi connectivity index (χ0v) is 16.1. The normalized spacial score (nSPS) is 10.5. The van der Waals surface area contributed by atoms with E-state index < -0.39 is 5.91 Å². The minimum Gasteiger partial charge on any atom is -0.478 e. The van der Waals surface area contributed by atoms with Crippen molar-refractivity contribution in [2.75, 3.05) is 11.9 Å². The SMILES string of the molecule is CCCOc1c(C(=O)Nc2ccccc2)c(=O)cc(C)n1Cc1ccccc1. The van der Waals surface area contributed by atoms with E-state index in [1.807, 2.05) is 66.9 Å². The molecule has 0 aliphatic rings. The summed E-state index contributed by atoms with van der Waals surface area (Å²) in [5.74, 6) is -0.159. The minimum atomic E-state index is -0.468. The number of benzene rings is 2. The average molecular weight is 376 g/mol. The molecule has 2 aromatic carbocycles. The van der Waals surface area contributed by atoms with E-state index in [2.05, 4.69) is 5.32 Å². The van der Waals surface area contributed by atoms with Gasteiger partial charge in [-0.15, -0.1) is 0 Å². The number of para-hydroxylation sites is 1. The molecule has 0 atom stereocenters. The van der Waals surface area contributed by atoms with Crippen LogP contribution in [0.3, 0.4) is 0 Å². The average Bonchev–Trinajstić information content (AvgIpc) is 2.70. The highest BCUT2D eigenvalue weighted by Crippen LogP contribution is 2.21. The first-order chi connectivity index (χ1) is 13.6. The van der Waals surface area contributed by atoms with Crippen LogP contribution in [0.2, 0.25) is 0 Å². The maximum atomic E-state index is 12.9. The Balaban J connectivity index is 2.05. The van der Waals surface area contributed by atoms with E-state index in [0.29, 0.717) is 24.7 Å². The summed E-state index contributed by atoms with van der Waals surface area (Å²) in [5, 5.41) is 2.79. The number of aromatic nitrogens is 1. The number of carbonyl (C=O) groups is 1. The van der Waals surface area contributed by atoms with Crippen LogP contribution in [0.5, 0.6) is 5.88 Å². The molecule has 0 saturated heterocycles. The Labute approximate surface area is 164 Å². The molecule has 144 valence electrons. The third kappa shape index (κ3) is 4.49. The Morgan fingerprint density at radius 1 is 1.04 bits per heavy atom. The molecule has 1 amide bonds. The van der Waals surface area contributed by atoms with E-state index in [-0.39, 0.29) is 11.0 Å². The number of nitrogens with one attached hydrogen (secondary N) is 1. The lowest BCUT2D eigenvalue weighted by molar-refractivity contribution is 0.101. The molecule has 0 aliphatic carbocycles. The zero-order chi connectivity index (χ0) is 19.9. The maximum Gasteiger partial charge on any atom is 0.265 e. The fourth-order valence-corrected chi connectivity index (χ4v) is 2.98. The van der Waals surface area contributed by atoms with Crippen LogP contribution in [0, 0.1) is 6.92 Å². The van der Waals surface area contributed by atoms with Crippen molar-refractivity contribution in [3.05, 3.63) is 93.8 Å². The van der Waals surface area contributed by atoms with Crippen LogP contribution < -0.4 is 15.5 Å². The second-order valence-electron chi connectivity index (χ2n) is 6.57. The molecule has 1 aromatic heterocycles. The Morgan fingerprint density at radius 3 is 2.32 bits per heavy atom. The van der Waals surface area contributed by atoms with Crippen LogP contribution in [-0.2, 0) is 6.54 Å². The predicted octanol–water partition coefficient (Wildman–Crippen LogP) is 4.25. The first-order valence-electron chi connectivity index (χ1n) is 9.37. The first kappa shape index (κ1) is 19.4. The third-order valence-corrected chi connectivity index (χ3v) is 4.36. The summed E-state index contributed by atoms with van der Waals surface area (Å²) in [6.45, 7) is 4.77. The quantitative estimate of drug-likeness (QED) is 0.671. The highest BCUT2D eigenvalue weighted by molar-refractivity contribution is 6.05. The molecule has 5 heteroatoms. The van der Waals surface area contributed by atoms with Crippen LogP contribution in [0.25, 0.3) is 0 Å². The molecular formula is C23H24N2O3. The van der Waals surface area contributed by atoms with Crippen LogP contribution in [0.15, 0.2) is 71.5 Å². The molecule has 0 saturated carbocycles. The van der Waals surface area contributed by atoms with Crippen molar-refractivity contribution in [1.82, 2.24) is 4.57 Å². The monoisotopic (exact) mass is 376 g/mol. The van der Waals surface area contributed by atoms with Gasteiger partial charge < -0.3 is 14.6 Å². The van der Waals surface area contributed by atoms with E-state index in [1.165, 1.54) is 6.07 Å². The number of pyridine rings is 1. The Kier molecular flexibility index (Phi) is 6.27. The van der Waals surface area contributed by atoms with Crippen LogP contribution in [-0.4, -0.2) is 17.1 Å². The van der Waals surface area contributed by atoms with E-state index in [9.17, 15) is 9.59 Å². The lowest BCUT2D eigenvalue weighted by Crippen LogP contribution is -2.27. The van der Waals surface area contributed by atoms with Gasteiger partial charge in [-0.2, -0.15) is 0 Å². The molecule has 0 radical (unpaired) electrons. The van der Waals surface area contributed by atoms with Crippen molar-refractivity contribution in [2.45, 2.75) is 26.8 Å². The van der Waals surface area contributed by atoms with Crippen molar-refractivity contribution < 1.29 is 9.53 Å². The van der Waals surface area contributed by atoms with Gasteiger partial charge in [-0.25, -0.2) is 0 Å². The van der Waals surface area contributed by atoms with Gasteiger partial charge >= 0.3 is 0 Å². The fraction of sp³-hybridized carbons (Fsp3) is 0.217. The van der Waals surface area contributed by atoms with Crippen molar-refractivity contribution in [3.8, 4) is 5.88 Å². The van der Waals surface area contributed by atoms with Gasteiger partial charge in [-0.3, -0.25) is 9.59 Å². The van der Waals surface area contributed by atoms with Crippen molar-refractivity contribution in [1.29, 1.82) is 0 Å². The molecule has 0 bridgehead atoms. The van der Waals surface area contributed by atoms with Crippen molar-refractivity contribution in [3.63, 3.8) is 0 Å². The summed E-state index contributed by atoms with van der Waals surface area (Å²) in [4.78, 5) is 25.6. The molecule has 5 nitrogen and oxygen atoms in total. The molecular weight excluding hydrogens is 352 g/mol. The molecule has 0 unspecified atom stereocenters. The number of amides is 1. The summed E-state index contributed by atoms with van der Waals surface area (Å²) < 4.78 is 7.79. The van der Waals surface area contributed by atoms with E-state index in [4.69, 9.17) is 4.74 Å². The number of nitrogens with zero attached hydrogens (tertiary/aromatic N) is 1. The zero-order valence-electron chi connectivity index (χ0n) is 16.1. The third-order valence-electron chi connectivity index (χ3n) is 4.36. The number of carbonyl (C=O) groups excluding carboxylic acids is 1. The lowest BCUT2D eigenvalue weighted by Gasteiger charge is -2.20. The van der Waals surface area contributed by atoms with Gasteiger partial charge in [0.15, 0.2) is 5.43 Å². The van der Waals surface area contributed by atoms with Gasteiger partial charge in [-0.05, 0) is 31.0 Å². The molecule has 0 fully saturated rings. The Bertz CT molecular complexity index is 996. The van der Waals surface area contributed by atoms with Crippen LogP contribution >= 0.6 is 0 Å². The summed E-state index contributed by atoms with van der Waals surface area (Å²) >= 11 is 0. The Hall–Kier alpha value is -3.34. The number of hydrogen-bond acceptors (Lipinski definition) is 3. The largest absolute Gasteiger partial charge is 0.478 e. The van der Waals surface area contributed by atoms with Crippen LogP contribution in [0.4, 0.5) is 5.69 Å². The van der Waals surface area contributed by atoms with Crippen LogP contribution in [0.1, 0.15) is 35.0 Å².